The van der Waals surface area contributed by atoms with Crippen LogP contribution in [0.2, 0.25) is 0 Å². The molecule has 3 amide bonds. The molecule has 2 aromatic rings. The van der Waals surface area contributed by atoms with Crippen LogP contribution in [0.5, 0.6) is 0 Å². The number of carbonyl (C=O) groups is 2. The fourth-order valence-electron chi connectivity index (χ4n) is 3.56. The molecule has 0 spiro atoms. The van der Waals surface area contributed by atoms with Gasteiger partial charge in [0.15, 0.2) is 0 Å². The first-order valence-corrected chi connectivity index (χ1v) is 9.92. The lowest BCUT2D eigenvalue weighted by atomic mass is 9.93. The second-order valence-corrected chi connectivity index (χ2v) is 7.46. The number of piperidine rings is 1. The molecule has 30 heavy (non-hydrogen) atoms. The highest BCUT2D eigenvalue weighted by molar-refractivity contribution is 5.89. The minimum Gasteiger partial charge on any atom is -0.356 e. The van der Waals surface area contributed by atoms with Gasteiger partial charge in [0.05, 0.1) is 6.42 Å². The zero-order chi connectivity index (χ0) is 21.5. The lowest BCUT2D eigenvalue weighted by Crippen LogP contribution is -2.41. The van der Waals surface area contributed by atoms with Crippen LogP contribution < -0.4 is 10.6 Å². The Labute approximate surface area is 173 Å². The molecular weight excluding hydrogens is 395 g/mol. The molecular formula is C22H24F3N3O2. The van der Waals surface area contributed by atoms with Crippen molar-refractivity contribution in [2.24, 2.45) is 5.92 Å². The highest BCUT2D eigenvalue weighted by atomic mass is 19.1. The second-order valence-electron chi connectivity index (χ2n) is 7.46. The van der Waals surface area contributed by atoms with E-state index in [2.05, 4.69) is 10.6 Å². The fraction of sp³-hybridized carbons (Fsp3) is 0.364. The quantitative estimate of drug-likeness (QED) is 0.741. The first-order chi connectivity index (χ1) is 14.4. The van der Waals surface area contributed by atoms with Crippen LogP contribution >= 0.6 is 0 Å². The topological polar surface area (TPSA) is 61.4 Å². The Balaban J connectivity index is 1.36. The van der Waals surface area contributed by atoms with E-state index in [9.17, 15) is 22.8 Å². The van der Waals surface area contributed by atoms with Crippen molar-refractivity contribution in [2.75, 3.05) is 25.0 Å². The Morgan fingerprint density at radius 2 is 1.67 bits per heavy atom. The minimum absolute atomic E-state index is 0.0839. The number of likely N-dealkylation sites (tertiary alicyclic amines) is 1. The van der Waals surface area contributed by atoms with Crippen molar-refractivity contribution in [1.29, 1.82) is 0 Å². The molecule has 160 valence electrons. The average molecular weight is 419 g/mol. The third-order valence-electron chi connectivity index (χ3n) is 5.14. The van der Waals surface area contributed by atoms with E-state index >= 15 is 0 Å². The summed E-state index contributed by atoms with van der Waals surface area (Å²) in [5, 5.41) is 5.37. The molecule has 8 heteroatoms. The van der Waals surface area contributed by atoms with E-state index in [1.165, 1.54) is 12.1 Å². The molecule has 0 aromatic heterocycles. The molecule has 0 unspecified atom stereocenters. The van der Waals surface area contributed by atoms with Gasteiger partial charge in [0, 0.05) is 31.4 Å². The lowest BCUT2D eigenvalue weighted by molar-refractivity contribution is -0.120. The van der Waals surface area contributed by atoms with E-state index in [1.54, 1.807) is 17.0 Å². The molecule has 0 saturated carbocycles. The van der Waals surface area contributed by atoms with E-state index in [1.807, 2.05) is 0 Å². The first-order valence-electron chi connectivity index (χ1n) is 9.92. The Kier molecular flexibility index (Phi) is 7.32. The summed E-state index contributed by atoms with van der Waals surface area (Å²) in [6.45, 7) is 1.59. The summed E-state index contributed by atoms with van der Waals surface area (Å²) in [4.78, 5) is 25.9. The Bertz CT molecular complexity index is 879. The average Bonchev–Trinajstić information content (AvgIpc) is 2.67. The number of carbonyl (C=O) groups excluding carboxylic acids is 2. The van der Waals surface area contributed by atoms with Gasteiger partial charge in [0.1, 0.15) is 17.5 Å². The maximum Gasteiger partial charge on any atom is 0.321 e. The predicted octanol–water partition coefficient (Wildman–Crippen LogP) is 4.10. The van der Waals surface area contributed by atoms with Crippen molar-refractivity contribution in [2.45, 2.75) is 25.7 Å². The van der Waals surface area contributed by atoms with Crippen LogP contribution in [0.4, 0.5) is 23.7 Å². The van der Waals surface area contributed by atoms with E-state index in [4.69, 9.17) is 0 Å². The van der Waals surface area contributed by atoms with Gasteiger partial charge in [-0.15, -0.1) is 0 Å². The number of nitrogens with zero attached hydrogens (tertiary/aromatic N) is 1. The van der Waals surface area contributed by atoms with Crippen molar-refractivity contribution in [3.8, 4) is 0 Å². The lowest BCUT2D eigenvalue weighted by Gasteiger charge is -2.32. The van der Waals surface area contributed by atoms with Gasteiger partial charge in [0.2, 0.25) is 5.91 Å². The molecule has 1 aliphatic rings. The molecule has 1 aliphatic heterocycles. The summed E-state index contributed by atoms with van der Waals surface area (Å²) in [5.74, 6) is -1.64. The van der Waals surface area contributed by atoms with Crippen LogP contribution in [0.1, 0.15) is 24.8 Å². The number of rotatable bonds is 6. The van der Waals surface area contributed by atoms with Gasteiger partial charge < -0.3 is 15.5 Å². The number of nitrogens with one attached hydrogen (secondary N) is 2. The van der Waals surface area contributed by atoms with Crippen LogP contribution in [0.3, 0.4) is 0 Å². The molecule has 0 radical (unpaired) electrons. The highest BCUT2D eigenvalue weighted by Crippen LogP contribution is 2.21. The third kappa shape index (κ3) is 6.50. The van der Waals surface area contributed by atoms with Crippen LogP contribution in [0, 0.1) is 23.4 Å². The predicted molar refractivity (Wildman–Crippen MR) is 107 cm³/mol. The Hall–Kier alpha value is -3.03. The van der Waals surface area contributed by atoms with E-state index in [0.717, 1.165) is 37.5 Å². The molecule has 1 heterocycles. The van der Waals surface area contributed by atoms with Crippen LogP contribution in [-0.2, 0) is 11.2 Å². The smallest absolute Gasteiger partial charge is 0.321 e. The molecule has 2 N–H and O–H groups in total. The molecule has 0 atom stereocenters. The monoisotopic (exact) mass is 419 g/mol. The molecule has 1 fully saturated rings. The zero-order valence-corrected chi connectivity index (χ0v) is 16.5. The maximum atomic E-state index is 13.2. The van der Waals surface area contributed by atoms with Gasteiger partial charge in [-0.05, 0) is 55.0 Å². The first kappa shape index (κ1) is 21.7. The summed E-state index contributed by atoms with van der Waals surface area (Å²) in [6.07, 6.45) is 2.49. The zero-order valence-electron chi connectivity index (χ0n) is 16.5. The SMILES string of the molecule is O=C(Cc1cccc(F)c1)NCCC1CCN(C(=O)Nc2cc(F)cc(F)c2)CC1. The van der Waals surface area contributed by atoms with E-state index < -0.39 is 11.6 Å². The number of amides is 3. The van der Waals surface area contributed by atoms with Crippen molar-refractivity contribution >= 4 is 17.6 Å². The number of urea groups is 1. The van der Waals surface area contributed by atoms with Crippen molar-refractivity contribution in [3.63, 3.8) is 0 Å². The highest BCUT2D eigenvalue weighted by Gasteiger charge is 2.23. The van der Waals surface area contributed by atoms with Gasteiger partial charge >= 0.3 is 6.03 Å². The molecule has 2 aromatic carbocycles. The number of anilines is 1. The number of benzene rings is 2. The minimum atomic E-state index is -0.747. The molecule has 0 bridgehead atoms. The second kappa shape index (κ2) is 10.1. The normalized spacial score (nSPS) is 14.4. The molecule has 1 saturated heterocycles. The van der Waals surface area contributed by atoms with Crippen LogP contribution in [0.25, 0.3) is 0 Å². The van der Waals surface area contributed by atoms with Gasteiger partial charge in [-0.1, -0.05) is 12.1 Å². The van der Waals surface area contributed by atoms with Gasteiger partial charge in [-0.2, -0.15) is 0 Å². The summed E-state index contributed by atoms with van der Waals surface area (Å²) in [6, 6.07) is 8.47. The van der Waals surface area contributed by atoms with Crippen LogP contribution in [-0.4, -0.2) is 36.5 Å². The summed E-state index contributed by atoms with van der Waals surface area (Å²) >= 11 is 0. The number of halogens is 3. The summed E-state index contributed by atoms with van der Waals surface area (Å²) in [5.41, 5.74) is 0.714. The summed E-state index contributed by atoms with van der Waals surface area (Å²) in [7, 11) is 0. The molecule has 3 rings (SSSR count). The molecule has 0 aliphatic carbocycles. The maximum absolute atomic E-state index is 13.2. The van der Waals surface area contributed by atoms with Crippen molar-refractivity contribution in [1.82, 2.24) is 10.2 Å². The van der Waals surface area contributed by atoms with E-state index in [-0.39, 0.29) is 29.9 Å². The standard InChI is InChI=1S/C22H24F3N3O2/c23-17-3-1-2-16(10-17)11-21(29)26-7-4-15-5-8-28(9-6-15)22(30)27-20-13-18(24)12-19(25)14-20/h1-3,10,12-15H,4-9,11H2,(H,26,29)(H,27,30). The van der Waals surface area contributed by atoms with Gasteiger partial charge in [-0.3, -0.25) is 4.79 Å². The van der Waals surface area contributed by atoms with E-state index in [0.29, 0.717) is 31.1 Å². The number of hydrogen-bond donors (Lipinski definition) is 2. The van der Waals surface area contributed by atoms with Crippen molar-refractivity contribution in [3.05, 3.63) is 65.5 Å². The largest absolute Gasteiger partial charge is 0.356 e. The van der Waals surface area contributed by atoms with Crippen molar-refractivity contribution < 1.29 is 22.8 Å². The number of hydrogen-bond acceptors (Lipinski definition) is 2. The molecule has 5 nitrogen and oxygen atoms in total. The summed E-state index contributed by atoms with van der Waals surface area (Å²) < 4.78 is 39.6. The third-order valence-corrected chi connectivity index (χ3v) is 5.14. The Morgan fingerprint density at radius 3 is 2.33 bits per heavy atom. The van der Waals surface area contributed by atoms with Gasteiger partial charge in [0.25, 0.3) is 0 Å². The Morgan fingerprint density at radius 1 is 0.967 bits per heavy atom. The fourth-order valence-corrected chi connectivity index (χ4v) is 3.56. The van der Waals surface area contributed by atoms with Gasteiger partial charge in [-0.25, -0.2) is 18.0 Å². The van der Waals surface area contributed by atoms with Crippen LogP contribution in [0.15, 0.2) is 42.5 Å².